The molecule has 162 valence electrons. The lowest BCUT2D eigenvalue weighted by molar-refractivity contribution is -0.118. The number of benzene rings is 2. The van der Waals surface area contributed by atoms with Crippen molar-refractivity contribution in [3.63, 3.8) is 0 Å². The molecular formula is C23H21N5O3S. The summed E-state index contributed by atoms with van der Waals surface area (Å²) in [6, 6.07) is 22.8. The van der Waals surface area contributed by atoms with E-state index in [1.165, 1.54) is 18.0 Å². The van der Waals surface area contributed by atoms with E-state index in [0.29, 0.717) is 24.1 Å². The normalized spacial score (nSPS) is 10.6. The number of furan rings is 1. The van der Waals surface area contributed by atoms with Crippen LogP contribution in [0.4, 0.5) is 0 Å². The third-order valence-corrected chi connectivity index (χ3v) is 5.42. The summed E-state index contributed by atoms with van der Waals surface area (Å²) in [4.78, 5) is 24.1. The second-order valence-corrected chi connectivity index (χ2v) is 7.66. The first-order valence-corrected chi connectivity index (χ1v) is 11.0. The number of aromatic nitrogens is 3. The van der Waals surface area contributed by atoms with Gasteiger partial charge >= 0.3 is 0 Å². The van der Waals surface area contributed by atoms with E-state index in [9.17, 15) is 9.59 Å². The molecule has 32 heavy (non-hydrogen) atoms. The molecule has 2 aromatic heterocycles. The van der Waals surface area contributed by atoms with Crippen molar-refractivity contribution in [2.24, 2.45) is 0 Å². The van der Waals surface area contributed by atoms with Crippen molar-refractivity contribution in [1.82, 2.24) is 25.4 Å². The summed E-state index contributed by atoms with van der Waals surface area (Å²) >= 11 is 1.30. The molecule has 0 bridgehead atoms. The monoisotopic (exact) mass is 447 g/mol. The van der Waals surface area contributed by atoms with Crippen LogP contribution in [0.3, 0.4) is 0 Å². The van der Waals surface area contributed by atoms with E-state index in [4.69, 9.17) is 4.42 Å². The zero-order valence-corrected chi connectivity index (χ0v) is 17.9. The Morgan fingerprint density at radius 3 is 2.31 bits per heavy atom. The molecule has 0 aliphatic heterocycles. The van der Waals surface area contributed by atoms with Crippen LogP contribution in [0.25, 0.3) is 17.1 Å². The lowest BCUT2D eigenvalue weighted by Crippen LogP contribution is -2.35. The minimum atomic E-state index is -0.317. The predicted molar refractivity (Wildman–Crippen MR) is 122 cm³/mol. The van der Waals surface area contributed by atoms with Crippen molar-refractivity contribution in [3.05, 3.63) is 84.8 Å². The predicted octanol–water partition coefficient (Wildman–Crippen LogP) is 3.17. The van der Waals surface area contributed by atoms with Crippen LogP contribution < -0.4 is 10.6 Å². The first-order valence-electron chi connectivity index (χ1n) is 10.00. The molecule has 2 amide bonds. The first kappa shape index (κ1) is 21.4. The van der Waals surface area contributed by atoms with Gasteiger partial charge in [0.2, 0.25) is 5.91 Å². The Balaban J connectivity index is 1.36. The Morgan fingerprint density at radius 1 is 0.875 bits per heavy atom. The summed E-state index contributed by atoms with van der Waals surface area (Å²) in [5, 5.41) is 14.8. The quantitative estimate of drug-likeness (QED) is 0.302. The van der Waals surface area contributed by atoms with E-state index >= 15 is 0 Å². The molecule has 2 N–H and O–H groups in total. The second kappa shape index (κ2) is 10.5. The SMILES string of the molecule is O=C(CSc1nnc(-c2ccccc2)n1-c1ccccc1)NCCNC(=O)c1ccco1. The Kier molecular flexibility index (Phi) is 6.98. The molecule has 2 heterocycles. The molecule has 0 spiro atoms. The molecule has 0 saturated carbocycles. The molecule has 4 rings (SSSR count). The third-order valence-electron chi connectivity index (χ3n) is 4.49. The van der Waals surface area contributed by atoms with E-state index in [-0.39, 0.29) is 23.3 Å². The number of hydrogen-bond acceptors (Lipinski definition) is 6. The first-order chi connectivity index (χ1) is 15.7. The van der Waals surface area contributed by atoms with Crippen molar-refractivity contribution in [1.29, 1.82) is 0 Å². The zero-order valence-electron chi connectivity index (χ0n) is 17.1. The second-order valence-electron chi connectivity index (χ2n) is 6.71. The molecule has 0 saturated heterocycles. The van der Waals surface area contributed by atoms with Gasteiger partial charge in [0.1, 0.15) is 0 Å². The van der Waals surface area contributed by atoms with Gasteiger partial charge in [0.15, 0.2) is 16.7 Å². The number of carbonyl (C=O) groups excluding carboxylic acids is 2. The average Bonchev–Trinajstić information content (AvgIpc) is 3.52. The lowest BCUT2D eigenvalue weighted by atomic mass is 10.2. The maximum absolute atomic E-state index is 12.3. The number of carbonyl (C=O) groups is 2. The van der Waals surface area contributed by atoms with Crippen LogP contribution in [-0.4, -0.2) is 45.4 Å². The molecule has 0 radical (unpaired) electrons. The average molecular weight is 448 g/mol. The summed E-state index contributed by atoms with van der Waals surface area (Å²) in [7, 11) is 0. The Labute approximate surface area is 189 Å². The van der Waals surface area contributed by atoms with Gasteiger partial charge in [-0.25, -0.2) is 0 Å². The van der Waals surface area contributed by atoms with Gasteiger partial charge in [0.25, 0.3) is 5.91 Å². The van der Waals surface area contributed by atoms with Crippen molar-refractivity contribution in [2.45, 2.75) is 5.16 Å². The molecule has 0 aliphatic carbocycles. The Bertz CT molecular complexity index is 1160. The summed E-state index contributed by atoms with van der Waals surface area (Å²) in [5.41, 5.74) is 1.85. The highest BCUT2D eigenvalue weighted by Gasteiger charge is 2.17. The highest BCUT2D eigenvalue weighted by Crippen LogP contribution is 2.27. The van der Waals surface area contributed by atoms with E-state index < -0.39 is 0 Å². The van der Waals surface area contributed by atoms with Gasteiger partial charge in [0.05, 0.1) is 12.0 Å². The van der Waals surface area contributed by atoms with Crippen LogP contribution in [0.15, 0.2) is 88.6 Å². The Morgan fingerprint density at radius 2 is 1.59 bits per heavy atom. The van der Waals surface area contributed by atoms with Crippen LogP contribution >= 0.6 is 11.8 Å². The largest absolute Gasteiger partial charge is 0.459 e. The van der Waals surface area contributed by atoms with Crippen LogP contribution in [0.5, 0.6) is 0 Å². The topological polar surface area (TPSA) is 102 Å². The third kappa shape index (κ3) is 5.25. The number of thioether (sulfide) groups is 1. The van der Waals surface area contributed by atoms with Gasteiger partial charge < -0.3 is 15.1 Å². The minimum Gasteiger partial charge on any atom is -0.459 e. The van der Waals surface area contributed by atoms with Gasteiger partial charge in [0, 0.05) is 24.3 Å². The van der Waals surface area contributed by atoms with Crippen molar-refractivity contribution in [2.75, 3.05) is 18.8 Å². The van der Waals surface area contributed by atoms with Gasteiger partial charge in [-0.3, -0.25) is 14.2 Å². The minimum absolute atomic E-state index is 0.161. The number of hydrogen-bond donors (Lipinski definition) is 2. The molecule has 8 nitrogen and oxygen atoms in total. The summed E-state index contributed by atoms with van der Waals surface area (Å²) < 4.78 is 6.97. The van der Waals surface area contributed by atoms with Crippen LogP contribution in [0.2, 0.25) is 0 Å². The van der Waals surface area contributed by atoms with Crippen LogP contribution in [-0.2, 0) is 4.79 Å². The highest BCUT2D eigenvalue weighted by atomic mass is 32.2. The molecular weight excluding hydrogens is 426 g/mol. The fraction of sp³-hybridized carbons (Fsp3) is 0.130. The van der Waals surface area contributed by atoms with E-state index in [1.54, 1.807) is 12.1 Å². The molecule has 0 unspecified atom stereocenters. The summed E-state index contributed by atoms with van der Waals surface area (Å²) in [5.74, 6) is 0.641. The molecule has 0 aliphatic rings. The van der Waals surface area contributed by atoms with Gasteiger partial charge in [-0.05, 0) is 24.3 Å². The van der Waals surface area contributed by atoms with Gasteiger partial charge in [-0.15, -0.1) is 10.2 Å². The number of nitrogens with zero attached hydrogens (tertiary/aromatic N) is 3. The highest BCUT2D eigenvalue weighted by molar-refractivity contribution is 7.99. The van der Waals surface area contributed by atoms with Crippen molar-refractivity contribution >= 4 is 23.6 Å². The molecule has 9 heteroatoms. The summed E-state index contributed by atoms with van der Waals surface area (Å²) in [6.45, 7) is 0.612. The maximum atomic E-state index is 12.3. The van der Waals surface area contributed by atoms with E-state index in [1.807, 2.05) is 65.2 Å². The summed E-state index contributed by atoms with van der Waals surface area (Å²) in [6.07, 6.45) is 1.44. The fourth-order valence-corrected chi connectivity index (χ4v) is 3.78. The van der Waals surface area contributed by atoms with E-state index in [2.05, 4.69) is 20.8 Å². The molecule has 0 fully saturated rings. The van der Waals surface area contributed by atoms with Gasteiger partial charge in [-0.1, -0.05) is 60.3 Å². The number of nitrogens with one attached hydrogen (secondary N) is 2. The molecule has 0 atom stereocenters. The smallest absolute Gasteiger partial charge is 0.287 e. The maximum Gasteiger partial charge on any atom is 0.287 e. The van der Waals surface area contributed by atoms with Crippen LogP contribution in [0.1, 0.15) is 10.6 Å². The Hall–Kier alpha value is -3.85. The van der Waals surface area contributed by atoms with Crippen molar-refractivity contribution < 1.29 is 14.0 Å². The zero-order chi connectivity index (χ0) is 22.2. The van der Waals surface area contributed by atoms with E-state index in [0.717, 1.165) is 11.3 Å². The number of para-hydroxylation sites is 1. The lowest BCUT2D eigenvalue weighted by Gasteiger charge is -2.10. The van der Waals surface area contributed by atoms with Crippen LogP contribution in [0, 0.1) is 0 Å². The standard InChI is InChI=1S/C23H21N5O3S/c29-20(24-13-14-25-22(30)19-12-7-15-31-19)16-32-23-27-26-21(17-8-3-1-4-9-17)28(23)18-10-5-2-6-11-18/h1-12,15H,13-14,16H2,(H,24,29)(H,25,30). The van der Waals surface area contributed by atoms with Gasteiger partial charge in [-0.2, -0.15) is 0 Å². The molecule has 2 aromatic carbocycles. The number of rotatable bonds is 9. The number of amides is 2. The fourth-order valence-electron chi connectivity index (χ4n) is 3.00. The molecule has 4 aromatic rings. The van der Waals surface area contributed by atoms with Crippen molar-refractivity contribution in [3.8, 4) is 17.1 Å².